The molecule has 1 aliphatic heterocycles. The Morgan fingerprint density at radius 2 is 2.00 bits per heavy atom. The molecule has 150 valence electrons. The van der Waals surface area contributed by atoms with Crippen LogP contribution in [0.1, 0.15) is 24.2 Å². The zero-order valence-electron chi connectivity index (χ0n) is 17.0. The summed E-state index contributed by atoms with van der Waals surface area (Å²) in [6, 6.07) is 11.4. The van der Waals surface area contributed by atoms with Crippen LogP contribution in [0.3, 0.4) is 0 Å². The maximum Gasteiger partial charge on any atom is 0.259 e. The lowest BCUT2D eigenvalue weighted by molar-refractivity contribution is 0.0348. The van der Waals surface area contributed by atoms with Gasteiger partial charge in [-0.25, -0.2) is 4.98 Å². The minimum absolute atomic E-state index is 0.0845. The van der Waals surface area contributed by atoms with Crippen molar-refractivity contribution >= 4 is 5.91 Å². The van der Waals surface area contributed by atoms with Crippen molar-refractivity contribution in [3.63, 3.8) is 0 Å². The number of amides is 1. The van der Waals surface area contributed by atoms with E-state index in [4.69, 9.17) is 4.74 Å². The predicted octanol–water partition coefficient (Wildman–Crippen LogP) is 2.53. The number of carbonyl (C=O) groups is 1. The molecule has 2 aromatic rings. The number of pyridine rings is 1. The molecule has 0 aliphatic carbocycles. The van der Waals surface area contributed by atoms with Crippen LogP contribution in [0.4, 0.5) is 0 Å². The van der Waals surface area contributed by atoms with Crippen LogP contribution in [0.15, 0.2) is 42.6 Å². The number of ether oxygens (including phenoxy) is 1. The Kier molecular flexibility index (Phi) is 6.31. The molecule has 1 N–H and O–H groups in total. The summed E-state index contributed by atoms with van der Waals surface area (Å²) in [6.45, 7) is 5.09. The molecule has 0 unspecified atom stereocenters. The molecule has 0 bridgehead atoms. The van der Waals surface area contributed by atoms with Crippen molar-refractivity contribution in [3.8, 4) is 17.0 Å². The van der Waals surface area contributed by atoms with E-state index < -0.39 is 0 Å². The van der Waals surface area contributed by atoms with Gasteiger partial charge in [0.2, 0.25) is 5.88 Å². The Labute approximate surface area is 166 Å². The van der Waals surface area contributed by atoms with E-state index in [0.29, 0.717) is 18.0 Å². The number of nitrogens with zero attached hydrogens (tertiary/aromatic N) is 3. The van der Waals surface area contributed by atoms with Crippen molar-refractivity contribution in [2.24, 2.45) is 5.92 Å². The van der Waals surface area contributed by atoms with Crippen LogP contribution >= 0.6 is 0 Å². The third-order valence-electron chi connectivity index (χ3n) is 5.17. The first-order valence-corrected chi connectivity index (χ1v) is 9.69. The standard InChI is InChI=1S/C22H29N3O3/c1-15-12-25(16(2)14-26)22(27)19-10-18(17-8-6-5-7-9-17)11-23-21(19)28-20(15)13-24(3)4/h5-11,15-16,20,26H,12-14H2,1-4H3/t15-,16+,20+/m0/s1. The Morgan fingerprint density at radius 3 is 2.64 bits per heavy atom. The summed E-state index contributed by atoms with van der Waals surface area (Å²) in [5.41, 5.74) is 2.30. The lowest BCUT2D eigenvalue weighted by atomic mass is 9.99. The molecule has 0 fully saturated rings. The molecule has 6 nitrogen and oxygen atoms in total. The van der Waals surface area contributed by atoms with Crippen molar-refractivity contribution in [2.45, 2.75) is 26.0 Å². The molecular formula is C22H29N3O3. The number of hydrogen-bond acceptors (Lipinski definition) is 5. The Morgan fingerprint density at radius 1 is 1.29 bits per heavy atom. The summed E-state index contributed by atoms with van der Waals surface area (Å²) in [7, 11) is 4.00. The first-order valence-electron chi connectivity index (χ1n) is 9.69. The molecule has 1 aromatic carbocycles. The quantitative estimate of drug-likeness (QED) is 0.860. The maximum absolute atomic E-state index is 13.3. The second-order valence-electron chi connectivity index (χ2n) is 7.83. The summed E-state index contributed by atoms with van der Waals surface area (Å²) in [5.74, 6) is 0.305. The molecule has 0 saturated carbocycles. The van der Waals surface area contributed by atoms with Crippen LogP contribution in [-0.4, -0.2) is 71.7 Å². The van der Waals surface area contributed by atoms with Crippen molar-refractivity contribution in [1.29, 1.82) is 0 Å². The molecule has 28 heavy (non-hydrogen) atoms. The summed E-state index contributed by atoms with van der Waals surface area (Å²) < 4.78 is 6.22. The maximum atomic E-state index is 13.3. The van der Waals surface area contributed by atoms with Gasteiger partial charge in [-0.1, -0.05) is 37.3 Å². The summed E-state index contributed by atoms with van der Waals surface area (Å²) in [5, 5.41) is 9.70. The highest BCUT2D eigenvalue weighted by Gasteiger charge is 2.33. The Balaban J connectivity index is 2.06. The lowest BCUT2D eigenvalue weighted by Gasteiger charge is -2.37. The van der Waals surface area contributed by atoms with E-state index in [0.717, 1.165) is 17.7 Å². The SMILES string of the molecule is C[C@H](CO)N1C[C@H](C)[C@@H](CN(C)C)Oc2ncc(-c3ccccc3)cc2C1=O. The lowest BCUT2D eigenvalue weighted by Crippen LogP contribution is -2.49. The third-order valence-corrected chi connectivity index (χ3v) is 5.17. The number of aliphatic hydroxyl groups is 1. The fraction of sp³-hybridized carbons (Fsp3) is 0.455. The van der Waals surface area contributed by atoms with Gasteiger partial charge in [0.15, 0.2) is 0 Å². The van der Waals surface area contributed by atoms with Gasteiger partial charge in [-0.15, -0.1) is 0 Å². The van der Waals surface area contributed by atoms with Gasteiger partial charge in [-0.05, 0) is 32.6 Å². The molecule has 6 heteroatoms. The number of benzene rings is 1. The molecule has 3 rings (SSSR count). The van der Waals surface area contributed by atoms with E-state index in [2.05, 4.69) is 16.8 Å². The van der Waals surface area contributed by atoms with Crippen molar-refractivity contribution in [1.82, 2.24) is 14.8 Å². The number of likely N-dealkylation sites (N-methyl/N-ethyl adjacent to an activating group) is 1. The second-order valence-corrected chi connectivity index (χ2v) is 7.83. The van der Waals surface area contributed by atoms with Crippen LogP contribution in [-0.2, 0) is 0 Å². The number of fused-ring (bicyclic) bond motifs is 1. The van der Waals surface area contributed by atoms with E-state index in [1.807, 2.05) is 57.4 Å². The monoisotopic (exact) mass is 383 g/mol. The van der Waals surface area contributed by atoms with Crippen molar-refractivity contribution < 1.29 is 14.6 Å². The van der Waals surface area contributed by atoms with Crippen LogP contribution in [0, 0.1) is 5.92 Å². The van der Waals surface area contributed by atoms with Gasteiger partial charge in [-0.3, -0.25) is 4.79 Å². The van der Waals surface area contributed by atoms with E-state index in [1.54, 1.807) is 11.1 Å². The topological polar surface area (TPSA) is 65.9 Å². The molecule has 3 atom stereocenters. The van der Waals surface area contributed by atoms with Crippen molar-refractivity contribution in [3.05, 3.63) is 48.2 Å². The average Bonchev–Trinajstić information content (AvgIpc) is 2.70. The van der Waals surface area contributed by atoms with Crippen LogP contribution in [0.2, 0.25) is 0 Å². The molecule has 1 aromatic heterocycles. The highest BCUT2D eigenvalue weighted by Crippen LogP contribution is 2.30. The zero-order chi connectivity index (χ0) is 20.3. The van der Waals surface area contributed by atoms with Crippen LogP contribution < -0.4 is 4.74 Å². The van der Waals surface area contributed by atoms with E-state index in [9.17, 15) is 9.90 Å². The highest BCUT2D eigenvalue weighted by atomic mass is 16.5. The van der Waals surface area contributed by atoms with Crippen molar-refractivity contribution in [2.75, 3.05) is 33.8 Å². The fourth-order valence-electron chi connectivity index (χ4n) is 3.47. The molecule has 0 saturated heterocycles. The van der Waals surface area contributed by atoms with Crippen LogP contribution in [0.5, 0.6) is 5.88 Å². The largest absolute Gasteiger partial charge is 0.472 e. The third kappa shape index (κ3) is 4.34. The van der Waals surface area contributed by atoms with Gasteiger partial charge >= 0.3 is 0 Å². The second kappa shape index (κ2) is 8.71. The van der Waals surface area contributed by atoms with Gasteiger partial charge in [0, 0.05) is 30.8 Å². The number of aliphatic hydroxyl groups excluding tert-OH is 1. The van der Waals surface area contributed by atoms with E-state index in [-0.39, 0.29) is 30.6 Å². The number of rotatable bonds is 5. The summed E-state index contributed by atoms with van der Waals surface area (Å²) >= 11 is 0. The van der Waals surface area contributed by atoms with Gasteiger partial charge in [0.25, 0.3) is 5.91 Å². The normalized spacial score (nSPS) is 20.9. The Hall–Kier alpha value is -2.44. The predicted molar refractivity (Wildman–Crippen MR) is 109 cm³/mol. The molecular weight excluding hydrogens is 354 g/mol. The summed E-state index contributed by atoms with van der Waals surface area (Å²) in [6.07, 6.45) is 1.64. The average molecular weight is 383 g/mol. The molecule has 2 heterocycles. The van der Waals surface area contributed by atoms with Gasteiger partial charge in [0.1, 0.15) is 11.7 Å². The molecule has 0 radical (unpaired) electrons. The highest BCUT2D eigenvalue weighted by molar-refractivity contribution is 5.98. The zero-order valence-corrected chi connectivity index (χ0v) is 17.0. The van der Waals surface area contributed by atoms with E-state index in [1.165, 1.54) is 0 Å². The summed E-state index contributed by atoms with van der Waals surface area (Å²) in [4.78, 5) is 21.7. The minimum Gasteiger partial charge on any atom is -0.472 e. The van der Waals surface area contributed by atoms with Gasteiger partial charge < -0.3 is 19.6 Å². The number of aromatic nitrogens is 1. The first-order chi connectivity index (χ1) is 13.4. The van der Waals surface area contributed by atoms with Crippen LogP contribution in [0.25, 0.3) is 11.1 Å². The Bertz CT molecular complexity index is 810. The molecule has 1 aliphatic rings. The number of carbonyl (C=O) groups excluding carboxylic acids is 1. The number of hydrogen-bond donors (Lipinski definition) is 1. The molecule has 0 spiro atoms. The molecule has 1 amide bonds. The first kappa shape index (κ1) is 20.3. The minimum atomic E-state index is -0.277. The van der Waals surface area contributed by atoms with Gasteiger partial charge in [0.05, 0.1) is 12.6 Å². The van der Waals surface area contributed by atoms with Gasteiger partial charge in [-0.2, -0.15) is 0 Å². The van der Waals surface area contributed by atoms with E-state index >= 15 is 0 Å². The fourth-order valence-corrected chi connectivity index (χ4v) is 3.47. The smallest absolute Gasteiger partial charge is 0.259 e.